The van der Waals surface area contributed by atoms with Crippen molar-refractivity contribution in [2.45, 2.75) is 30.8 Å². The van der Waals surface area contributed by atoms with Crippen LogP contribution in [0, 0.1) is 0 Å². The number of amides is 1. The second-order valence-corrected chi connectivity index (χ2v) is 9.01. The molecule has 0 bridgehead atoms. The van der Waals surface area contributed by atoms with Crippen molar-refractivity contribution in [3.05, 3.63) is 71.2 Å². The number of rotatable bonds is 6. The number of hydrogen-bond donors (Lipinski definition) is 1. The van der Waals surface area contributed by atoms with E-state index in [0.717, 1.165) is 45.7 Å². The average Bonchev–Trinajstić information content (AvgIpc) is 3.23. The number of benzene rings is 1. The standard InChI is InChI=1S/C22H23N3OS2/c1-16(9-10-17-6-3-2-4-7-17)24-21(26)19-11-12-20(28-19)25-14-15-27-22-18(25)8-5-13-23-22/h2-8,11-13,16H,9-10,14-15H2,1H3,(H,24,26)/t16-/m0/s1. The van der Waals surface area contributed by atoms with Crippen molar-refractivity contribution in [2.75, 3.05) is 17.2 Å². The Morgan fingerprint density at radius 1 is 1.18 bits per heavy atom. The molecule has 4 rings (SSSR count). The van der Waals surface area contributed by atoms with Gasteiger partial charge in [-0.1, -0.05) is 30.3 Å². The van der Waals surface area contributed by atoms with Gasteiger partial charge in [0.2, 0.25) is 0 Å². The molecule has 144 valence electrons. The Morgan fingerprint density at radius 2 is 2.04 bits per heavy atom. The summed E-state index contributed by atoms with van der Waals surface area (Å²) >= 11 is 3.33. The molecule has 0 unspecified atom stereocenters. The maximum absolute atomic E-state index is 12.7. The van der Waals surface area contributed by atoms with Crippen molar-refractivity contribution >= 4 is 39.7 Å². The fraction of sp³-hybridized carbons (Fsp3) is 0.273. The summed E-state index contributed by atoms with van der Waals surface area (Å²) < 4.78 is 0. The van der Waals surface area contributed by atoms with E-state index in [9.17, 15) is 4.79 Å². The zero-order chi connectivity index (χ0) is 19.3. The first-order valence-corrected chi connectivity index (χ1v) is 11.3. The quantitative estimate of drug-likeness (QED) is 0.612. The number of carbonyl (C=O) groups is 1. The van der Waals surface area contributed by atoms with E-state index in [-0.39, 0.29) is 11.9 Å². The minimum Gasteiger partial charge on any atom is -0.349 e. The first-order chi connectivity index (χ1) is 13.7. The topological polar surface area (TPSA) is 45.2 Å². The van der Waals surface area contributed by atoms with Gasteiger partial charge >= 0.3 is 0 Å². The molecule has 6 heteroatoms. The normalized spacial score (nSPS) is 14.4. The Labute approximate surface area is 174 Å². The molecule has 3 heterocycles. The highest BCUT2D eigenvalue weighted by Gasteiger charge is 2.22. The second kappa shape index (κ2) is 8.80. The molecule has 0 radical (unpaired) electrons. The predicted molar refractivity (Wildman–Crippen MR) is 118 cm³/mol. The molecule has 1 N–H and O–H groups in total. The van der Waals surface area contributed by atoms with E-state index in [1.807, 2.05) is 30.5 Å². The van der Waals surface area contributed by atoms with Crippen molar-refractivity contribution < 1.29 is 4.79 Å². The van der Waals surface area contributed by atoms with Crippen LogP contribution in [-0.2, 0) is 6.42 Å². The first-order valence-electron chi connectivity index (χ1n) is 9.50. The van der Waals surface area contributed by atoms with Crippen LogP contribution < -0.4 is 10.2 Å². The van der Waals surface area contributed by atoms with E-state index >= 15 is 0 Å². The third kappa shape index (κ3) is 4.39. The number of fused-ring (bicyclic) bond motifs is 1. The van der Waals surface area contributed by atoms with Crippen molar-refractivity contribution in [1.29, 1.82) is 0 Å². The van der Waals surface area contributed by atoms with E-state index in [0.29, 0.717) is 0 Å². The number of nitrogens with zero attached hydrogens (tertiary/aromatic N) is 2. The number of thioether (sulfide) groups is 1. The molecule has 1 aliphatic rings. The maximum Gasteiger partial charge on any atom is 0.261 e. The lowest BCUT2D eigenvalue weighted by atomic mass is 10.1. The van der Waals surface area contributed by atoms with Crippen LogP contribution in [0.2, 0.25) is 0 Å². The van der Waals surface area contributed by atoms with Gasteiger partial charge in [0, 0.05) is 24.5 Å². The molecule has 3 aromatic rings. The van der Waals surface area contributed by atoms with Crippen LogP contribution >= 0.6 is 23.1 Å². The molecule has 0 spiro atoms. The van der Waals surface area contributed by atoms with Crippen molar-refractivity contribution in [2.24, 2.45) is 0 Å². The molecule has 28 heavy (non-hydrogen) atoms. The number of thiophene rings is 1. The molecule has 0 aliphatic carbocycles. The van der Waals surface area contributed by atoms with Gasteiger partial charge in [-0.2, -0.15) is 0 Å². The van der Waals surface area contributed by atoms with Gasteiger partial charge in [-0.25, -0.2) is 4.98 Å². The number of aryl methyl sites for hydroxylation is 1. The Balaban J connectivity index is 1.38. The molecule has 4 nitrogen and oxygen atoms in total. The van der Waals surface area contributed by atoms with Gasteiger partial charge in [-0.05, 0) is 49.6 Å². The summed E-state index contributed by atoms with van der Waals surface area (Å²) in [6.07, 6.45) is 3.73. The van der Waals surface area contributed by atoms with Gasteiger partial charge in [0.25, 0.3) is 5.91 Å². The molecule has 1 atom stereocenters. The molecule has 1 aromatic carbocycles. The highest BCUT2D eigenvalue weighted by Crippen LogP contribution is 2.39. The van der Waals surface area contributed by atoms with Crippen LogP contribution in [0.25, 0.3) is 0 Å². The van der Waals surface area contributed by atoms with Gasteiger partial charge in [-0.3, -0.25) is 4.79 Å². The number of anilines is 2. The van der Waals surface area contributed by atoms with Gasteiger partial charge in [-0.15, -0.1) is 23.1 Å². The Kier molecular flexibility index (Phi) is 5.98. The van der Waals surface area contributed by atoms with E-state index < -0.39 is 0 Å². The van der Waals surface area contributed by atoms with Crippen molar-refractivity contribution in [1.82, 2.24) is 10.3 Å². The van der Waals surface area contributed by atoms with Gasteiger partial charge < -0.3 is 10.2 Å². The van der Waals surface area contributed by atoms with E-state index in [1.165, 1.54) is 5.56 Å². The average molecular weight is 410 g/mol. The fourth-order valence-electron chi connectivity index (χ4n) is 3.27. The zero-order valence-electron chi connectivity index (χ0n) is 15.8. The SMILES string of the molecule is C[C@@H](CCc1ccccc1)NC(=O)c1ccc(N2CCSc3ncccc32)s1. The molecular weight excluding hydrogens is 386 g/mol. The Morgan fingerprint density at radius 3 is 2.89 bits per heavy atom. The monoisotopic (exact) mass is 409 g/mol. The Bertz CT molecular complexity index is 942. The van der Waals surface area contributed by atoms with Crippen molar-refractivity contribution in [3.63, 3.8) is 0 Å². The molecule has 0 saturated heterocycles. The van der Waals surface area contributed by atoms with E-state index in [4.69, 9.17) is 0 Å². The number of carbonyl (C=O) groups excluding carboxylic acids is 1. The third-order valence-electron chi connectivity index (χ3n) is 4.76. The lowest BCUT2D eigenvalue weighted by Gasteiger charge is -2.28. The number of nitrogens with one attached hydrogen (secondary N) is 1. The van der Waals surface area contributed by atoms with Crippen LogP contribution in [0.15, 0.2) is 65.8 Å². The molecule has 0 saturated carbocycles. The second-order valence-electron chi connectivity index (χ2n) is 6.86. The Hall–Kier alpha value is -2.31. The van der Waals surface area contributed by atoms with Gasteiger partial charge in [0.15, 0.2) is 0 Å². The minimum absolute atomic E-state index is 0.00889. The maximum atomic E-state index is 12.7. The summed E-state index contributed by atoms with van der Waals surface area (Å²) in [4.78, 5) is 20.2. The summed E-state index contributed by atoms with van der Waals surface area (Å²) in [5.74, 6) is 1.01. The predicted octanol–water partition coefficient (Wildman–Crippen LogP) is 5.14. The van der Waals surface area contributed by atoms with Gasteiger partial charge in [0.05, 0.1) is 15.6 Å². The smallest absolute Gasteiger partial charge is 0.261 e. The summed E-state index contributed by atoms with van der Waals surface area (Å²) in [5, 5.41) is 5.29. The summed E-state index contributed by atoms with van der Waals surface area (Å²) in [5.41, 5.74) is 2.43. The first kappa shape index (κ1) is 19.0. The number of pyridine rings is 1. The van der Waals surface area contributed by atoms with Crippen LogP contribution in [-0.4, -0.2) is 29.2 Å². The van der Waals surface area contributed by atoms with Gasteiger partial charge in [0.1, 0.15) is 5.03 Å². The summed E-state index contributed by atoms with van der Waals surface area (Å²) in [7, 11) is 0. The van der Waals surface area contributed by atoms with E-state index in [2.05, 4.69) is 52.5 Å². The number of hydrogen-bond acceptors (Lipinski definition) is 5. The largest absolute Gasteiger partial charge is 0.349 e. The lowest BCUT2D eigenvalue weighted by Crippen LogP contribution is -2.32. The number of aromatic nitrogens is 1. The lowest BCUT2D eigenvalue weighted by molar-refractivity contribution is 0.0942. The summed E-state index contributed by atoms with van der Waals surface area (Å²) in [6, 6.07) is 18.6. The van der Waals surface area contributed by atoms with Crippen LogP contribution in [0.3, 0.4) is 0 Å². The molecular formula is C22H23N3OS2. The summed E-state index contributed by atoms with van der Waals surface area (Å²) in [6.45, 7) is 3.00. The highest BCUT2D eigenvalue weighted by molar-refractivity contribution is 7.99. The van der Waals surface area contributed by atoms with Crippen LogP contribution in [0.1, 0.15) is 28.6 Å². The molecule has 0 fully saturated rings. The van der Waals surface area contributed by atoms with Crippen molar-refractivity contribution in [3.8, 4) is 0 Å². The minimum atomic E-state index is 0.00889. The van der Waals surface area contributed by atoms with Crippen LogP contribution in [0.4, 0.5) is 10.7 Å². The fourth-order valence-corrected chi connectivity index (χ4v) is 5.15. The van der Waals surface area contributed by atoms with Crippen LogP contribution in [0.5, 0.6) is 0 Å². The zero-order valence-corrected chi connectivity index (χ0v) is 17.4. The molecule has 1 aliphatic heterocycles. The highest BCUT2D eigenvalue weighted by atomic mass is 32.2. The molecule has 1 amide bonds. The molecule has 2 aromatic heterocycles. The third-order valence-corrected chi connectivity index (χ3v) is 6.85. The van der Waals surface area contributed by atoms with E-state index in [1.54, 1.807) is 23.1 Å².